The quantitative estimate of drug-likeness (QED) is 0.0971. The van der Waals surface area contributed by atoms with Crippen LogP contribution in [0.5, 0.6) is 5.75 Å². The second kappa shape index (κ2) is 13.7. The minimum Gasteiger partial charge on any atom is -0.468 e. The summed E-state index contributed by atoms with van der Waals surface area (Å²) in [6.45, 7) is 20.3. The Morgan fingerprint density at radius 2 is 1.68 bits per heavy atom. The summed E-state index contributed by atoms with van der Waals surface area (Å²) >= 11 is 0. The van der Waals surface area contributed by atoms with E-state index in [4.69, 9.17) is 19.2 Å². The summed E-state index contributed by atoms with van der Waals surface area (Å²) in [6.07, 6.45) is 5.58. The van der Waals surface area contributed by atoms with Gasteiger partial charge in [0.2, 0.25) is 0 Å². The molecule has 1 aliphatic heterocycles. The fourth-order valence-electron chi connectivity index (χ4n) is 9.32. The standard InChI is InChI=1S/C43H53F2N3O4Si/c1-24(2)53(25(3)4,26(5)6)16-15-30-36(44)14-11-27-17-29(51-23-50-10)18-31(37(27)30)40-39(45)41-32(19-46-40)35(22-48(41)28-12-13-28)38-33-20-47(21-34(33)38)42(49)52-43(7,8)9/h11,14,17-19,22,24-26,28,33-34,38H,12-13,20-21,23H2,1-10H3/t33-,34+,38?. The first-order chi connectivity index (χ1) is 25.1. The van der Waals surface area contributed by atoms with Crippen LogP contribution in [0.4, 0.5) is 13.6 Å². The van der Waals surface area contributed by atoms with Crippen molar-refractivity contribution in [1.82, 2.24) is 14.5 Å². The van der Waals surface area contributed by atoms with E-state index in [0.29, 0.717) is 69.2 Å². The maximum Gasteiger partial charge on any atom is 0.410 e. The third-order valence-corrected chi connectivity index (χ3v) is 18.2. The minimum absolute atomic E-state index is 0.00199. The van der Waals surface area contributed by atoms with E-state index in [1.807, 2.05) is 26.8 Å². The van der Waals surface area contributed by atoms with Crippen LogP contribution in [0, 0.1) is 34.9 Å². The molecule has 2 aromatic carbocycles. The molecule has 3 aliphatic rings. The largest absolute Gasteiger partial charge is 0.468 e. The summed E-state index contributed by atoms with van der Waals surface area (Å²) in [4.78, 5) is 19.4. The third-order valence-electron chi connectivity index (χ3n) is 11.9. The highest BCUT2D eigenvalue weighted by molar-refractivity contribution is 6.90. The van der Waals surface area contributed by atoms with E-state index in [2.05, 4.69) is 63.8 Å². The summed E-state index contributed by atoms with van der Waals surface area (Å²) in [5.41, 5.74) is 6.66. The first kappa shape index (κ1) is 37.4. The normalized spacial score (nSPS) is 20.1. The van der Waals surface area contributed by atoms with Crippen LogP contribution in [-0.4, -0.2) is 61.2 Å². The molecule has 0 radical (unpaired) electrons. The van der Waals surface area contributed by atoms with Crippen molar-refractivity contribution in [3.8, 4) is 28.5 Å². The molecule has 7 nitrogen and oxygen atoms in total. The number of carbonyl (C=O) groups excluding carboxylic acids is 1. The number of amides is 1. The number of aromatic nitrogens is 2. The van der Waals surface area contributed by atoms with Crippen molar-refractivity contribution in [1.29, 1.82) is 0 Å². The van der Waals surface area contributed by atoms with Gasteiger partial charge in [-0.3, -0.25) is 4.98 Å². The number of nitrogens with zero attached hydrogens (tertiary/aromatic N) is 3. The smallest absolute Gasteiger partial charge is 0.410 e. The van der Waals surface area contributed by atoms with Crippen molar-refractivity contribution >= 4 is 35.8 Å². The third kappa shape index (κ3) is 6.62. The van der Waals surface area contributed by atoms with Gasteiger partial charge in [0.25, 0.3) is 0 Å². The molecule has 7 rings (SSSR count). The van der Waals surface area contributed by atoms with Gasteiger partial charge >= 0.3 is 6.09 Å². The molecule has 0 spiro atoms. The molecule has 4 aromatic rings. The zero-order chi connectivity index (χ0) is 38.1. The van der Waals surface area contributed by atoms with Crippen LogP contribution < -0.4 is 4.74 Å². The van der Waals surface area contributed by atoms with Gasteiger partial charge < -0.3 is 23.7 Å². The van der Waals surface area contributed by atoms with Gasteiger partial charge in [0.1, 0.15) is 30.9 Å². The number of carbonyl (C=O) groups is 1. The van der Waals surface area contributed by atoms with E-state index in [-0.39, 0.29) is 36.1 Å². The van der Waals surface area contributed by atoms with Crippen LogP contribution in [0.2, 0.25) is 16.6 Å². The molecule has 53 heavy (non-hydrogen) atoms. The number of halogens is 2. The average molecular weight is 742 g/mol. The van der Waals surface area contributed by atoms with Gasteiger partial charge in [-0.05, 0) is 97.1 Å². The molecule has 1 saturated heterocycles. The fraction of sp³-hybridized carbons (Fsp3) is 0.535. The Hall–Kier alpha value is -3.94. The molecule has 2 aliphatic carbocycles. The molecule has 1 unspecified atom stereocenters. The molecular weight excluding hydrogens is 689 g/mol. The Labute approximate surface area is 313 Å². The van der Waals surface area contributed by atoms with E-state index < -0.39 is 25.3 Å². The van der Waals surface area contributed by atoms with Crippen molar-refractivity contribution in [2.45, 2.75) is 109 Å². The number of hydrogen-bond acceptors (Lipinski definition) is 5. The molecule has 3 fully saturated rings. The van der Waals surface area contributed by atoms with Gasteiger partial charge in [0.15, 0.2) is 12.6 Å². The predicted octanol–water partition coefficient (Wildman–Crippen LogP) is 10.6. The van der Waals surface area contributed by atoms with Crippen LogP contribution in [0.25, 0.3) is 32.9 Å². The van der Waals surface area contributed by atoms with Gasteiger partial charge in [-0.2, -0.15) is 0 Å². The lowest BCUT2D eigenvalue weighted by Crippen LogP contribution is -2.43. The van der Waals surface area contributed by atoms with E-state index in [0.717, 1.165) is 23.8 Å². The summed E-state index contributed by atoms with van der Waals surface area (Å²) < 4.78 is 52.4. The number of piperidine rings is 1. The molecular formula is C43H53F2N3O4Si. The Bertz CT molecular complexity index is 2100. The highest BCUT2D eigenvalue weighted by Crippen LogP contribution is 2.60. The van der Waals surface area contributed by atoms with E-state index >= 15 is 8.78 Å². The highest BCUT2D eigenvalue weighted by Gasteiger charge is 2.58. The molecule has 10 heteroatoms. The van der Waals surface area contributed by atoms with Crippen molar-refractivity contribution < 1.29 is 27.8 Å². The summed E-state index contributed by atoms with van der Waals surface area (Å²) in [5.74, 6) is 3.76. The summed E-state index contributed by atoms with van der Waals surface area (Å²) in [7, 11) is -0.687. The Morgan fingerprint density at radius 3 is 2.26 bits per heavy atom. The number of ether oxygens (including phenoxy) is 3. The number of methoxy groups -OCH3 is 1. The van der Waals surface area contributed by atoms with Crippen molar-refractivity contribution in [3.05, 3.63) is 59.4 Å². The first-order valence-electron chi connectivity index (χ1n) is 19.2. The number of fused-ring (bicyclic) bond motifs is 3. The molecule has 1 amide bonds. The van der Waals surface area contributed by atoms with Crippen molar-refractivity contribution in [2.24, 2.45) is 11.8 Å². The lowest BCUT2D eigenvalue weighted by molar-refractivity contribution is 0.0271. The predicted molar refractivity (Wildman–Crippen MR) is 209 cm³/mol. The zero-order valence-corrected chi connectivity index (χ0v) is 33.8. The molecule has 3 atom stereocenters. The van der Waals surface area contributed by atoms with E-state index in [1.54, 1.807) is 30.3 Å². The fourth-order valence-corrected chi connectivity index (χ4v) is 14.5. The van der Waals surface area contributed by atoms with Gasteiger partial charge in [-0.25, -0.2) is 13.6 Å². The van der Waals surface area contributed by atoms with E-state index in [9.17, 15) is 4.79 Å². The second-order valence-electron chi connectivity index (χ2n) is 17.3. The SMILES string of the molecule is COCOc1cc(-c2ncc3c(C4[C@H]5CN(C(=O)OC(C)(C)C)C[C@@H]45)cn(C4CC4)c3c2F)c2c(C#C[Si](C(C)C)(C(C)C)C(C)C)c(F)ccc2c1. The second-order valence-corrected chi connectivity index (χ2v) is 22.9. The first-order valence-corrected chi connectivity index (χ1v) is 21.4. The van der Waals surface area contributed by atoms with Crippen LogP contribution in [-0.2, 0) is 9.47 Å². The van der Waals surface area contributed by atoms with Crippen molar-refractivity contribution in [2.75, 3.05) is 27.0 Å². The van der Waals surface area contributed by atoms with Crippen LogP contribution >= 0.6 is 0 Å². The lowest BCUT2D eigenvalue weighted by atomic mass is 9.95. The molecule has 2 aromatic heterocycles. The maximum atomic E-state index is 17.4. The van der Waals surface area contributed by atoms with Crippen LogP contribution in [0.3, 0.4) is 0 Å². The monoisotopic (exact) mass is 741 g/mol. The van der Waals surface area contributed by atoms with Gasteiger partial charge in [-0.1, -0.05) is 53.5 Å². The zero-order valence-electron chi connectivity index (χ0n) is 32.8. The van der Waals surface area contributed by atoms with Gasteiger partial charge in [0.05, 0.1) is 11.1 Å². The van der Waals surface area contributed by atoms with Crippen molar-refractivity contribution in [3.63, 3.8) is 0 Å². The minimum atomic E-state index is -2.23. The number of benzene rings is 2. The molecule has 0 bridgehead atoms. The number of likely N-dealkylation sites (tertiary alicyclic amines) is 1. The number of hydrogen-bond donors (Lipinski definition) is 0. The Balaban J connectivity index is 1.36. The topological polar surface area (TPSA) is 65.8 Å². The maximum absolute atomic E-state index is 17.4. The summed E-state index contributed by atoms with van der Waals surface area (Å²) in [5, 5.41) is 2.01. The average Bonchev–Trinajstić information content (AvgIpc) is 3.96. The number of pyridine rings is 1. The highest BCUT2D eigenvalue weighted by atomic mass is 28.3. The van der Waals surface area contributed by atoms with E-state index in [1.165, 1.54) is 6.07 Å². The Morgan fingerprint density at radius 1 is 1.02 bits per heavy atom. The lowest BCUT2D eigenvalue weighted by Gasteiger charge is -2.38. The molecule has 3 heterocycles. The van der Waals surface area contributed by atoms with Gasteiger partial charge in [-0.15, -0.1) is 5.54 Å². The molecule has 2 saturated carbocycles. The van der Waals surface area contributed by atoms with Crippen LogP contribution in [0.1, 0.15) is 98.2 Å². The number of rotatable bonds is 9. The molecule has 0 N–H and O–H groups in total. The van der Waals surface area contributed by atoms with Gasteiger partial charge in [0, 0.05) is 55.0 Å². The molecule has 282 valence electrons. The van der Waals surface area contributed by atoms with Crippen LogP contribution in [0.15, 0.2) is 36.7 Å². The summed E-state index contributed by atoms with van der Waals surface area (Å²) in [6, 6.07) is 6.91. The Kier molecular flexibility index (Phi) is 9.68.